The smallest absolute Gasteiger partial charge is 0.270 e. The SMILES string of the molecule is COc1ccc(CN(CC2CCC(C(=O)NO)CC2)S(=O)(=O)c2cccc([N+](=O)[O-])c2)cc1. The van der Waals surface area contributed by atoms with Crippen molar-refractivity contribution in [3.63, 3.8) is 0 Å². The van der Waals surface area contributed by atoms with Crippen LogP contribution in [-0.4, -0.2) is 42.4 Å². The fraction of sp³-hybridized carbons (Fsp3) is 0.409. The van der Waals surface area contributed by atoms with Gasteiger partial charge in [-0.1, -0.05) is 18.2 Å². The van der Waals surface area contributed by atoms with E-state index in [1.807, 2.05) is 0 Å². The molecule has 10 nitrogen and oxygen atoms in total. The predicted octanol–water partition coefficient (Wildman–Crippen LogP) is 3.11. The molecule has 0 saturated heterocycles. The van der Waals surface area contributed by atoms with Crippen LogP contribution in [-0.2, 0) is 21.4 Å². The molecule has 0 radical (unpaired) electrons. The molecule has 3 rings (SSSR count). The zero-order chi connectivity index (χ0) is 24.0. The molecule has 33 heavy (non-hydrogen) atoms. The van der Waals surface area contributed by atoms with E-state index < -0.39 is 20.9 Å². The van der Waals surface area contributed by atoms with Gasteiger partial charge in [0.25, 0.3) is 5.69 Å². The molecule has 1 aliphatic carbocycles. The lowest BCUT2D eigenvalue weighted by molar-refractivity contribution is -0.385. The molecule has 0 unspecified atom stereocenters. The van der Waals surface area contributed by atoms with Gasteiger partial charge in [0, 0.05) is 31.1 Å². The maximum absolute atomic E-state index is 13.5. The maximum Gasteiger partial charge on any atom is 0.270 e. The standard InChI is InChI=1S/C22H27N3O7S/c1-32-20-11-7-17(8-12-20)15-24(14-16-5-9-18(10-6-16)22(26)23-27)33(30,31)21-4-2-3-19(13-21)25(28)29/h2-4,7-8,11-13,16,18,27H,5-6,9-10,14-15H2,1H3,(H,23,26). The summed E-state index contributed by atoms with van der Waals surface area (Å²) in [6, 6.07) is 12.1. The summed E-state index contributed by atoms with van der Waals surface area (Å²) in [6.45, 7) is 0.302. The molecule has 0 heterocycles. The quantitative estimate of drug-likeness (QED) is 0.321. The van der Waals surface area contributed by atoms with Crippen molar-refractivity contribution in [1.82, 2.24) is 9.79 Å². The van der Waals surface area contributed by atoms with Crippen molar-refractivity contribution >= 4 is 21.6 Å². The second-order valence-electron chi connectivity index (χ2n) is 8.09. The Morgan fingerprint density at radius 3 is 2.42 bits per heavy atom. The molecule has 2 aromatic carbocycles. The summed E-state index contributed by atoms with van der Waals surface area (Å²) in [5, 5.41) is 20.0. The Balaban J connectivity index is 1.85. The van der Waals surface area contributed by atoms with Gasteiger partial charge in [-0.05, 0) is 55.4 Å². The van der Waals surface area contributed by atoms with Crippen LogP contribution in [0.1, 0.15) is 31.2 Å². The Morgan fingerprint density at radius 2 is 1.85 bits per heavy atom. The molecule has 1 aliphatic rings. The Hall–Kier alpha value is -3.02. The highest BCUT2D eigenvalue weighted by Gasteiger charge is 2.32. The van der Waals surface area contributed by atoms with Gasteiger partial charge in [-0.15, -0.1) is 0 Å². The summed E-state index contributed by atoms with van der Waals surface area (Å²) in [4.78, 5) is 22.1. The minimum atomic E-state index is -4.03. The molecule has 0 atom stereocenters. The van der Waals surface area contributed by atoms with E-state index >= 15 is 0 Å². The number of carbonyl (C=O) groups excluding carboxylic acids is 1. The van der Waals surface area contributed by atoms with Crippen LogP contribution in [0.5, 0.6) is 5.75 Å². The Kier molecular flexibility index (Phi) is 8.01. The van der Waals surface area contributed by atoms with Crippen LogP contribution in [0, 0.1) is 22.0 Å². The molecule has 0 aliphatic heterocycles. The number of hydrogen-bond donors (Lipinski definition) is 2. The molecular formula is C22H27N3O7S. The second kappa shape index (κ2) is 10.7. The summed E-state index contributed by atoms with van der Waals surface area (Å²) < 4.78 is 33.5. The van der Waals surface area contributed by atoms with Crippen molar-refractivity contribution in [2.24, 2.45) is 11.8 Å². The van der Waals surface area contributed by atoms with Gasteiger partial charge in [-0.2, -0.15) is 4.31 Å². The monoisotopic (exact) mass is 477 g/mol. The summed E-state index contributed by atoms with van der Waals surface area (Å²) in [7, 11) is -2.48. The third-order valence-corrected chi connectivity index (χ3v) is 7.78. The van der Waals surface area contributed by atoms with Gasteiger partial charge in [0.2, 0.25) is 15.9 Å². The third kappa shape index (κ3) is 6.06. The van der Waals surface area contributed by atoms with Crippen LogP contribution < -0.4 is 10.2 Å². The van der Waals surface area contributed by atoms with E-state index in [4.69, 9.17) is 9.94 Å². The van der Waals surface area contributed by atoms with Crippen LogP contribution >= 0.6 is 0 Å². The van der Waals surface area contributed by atoms with Crippen molar-refractivity contribution in [2.45, 2.75) is 37.1 Å². The molecule has 1 fully saturated rings. The van der Waals surface area contributed by atoms with Crippen molar-refractivity contribution in [3.8, 4) is 5.75 Å². The highest BCUT2D eigenvalue weighted by Crippen LogP contribution is 2.32. The highest BCUT2D eigenvalue weighted by molar-refractivity contribution is 7.89. The Bertz CT molecular complexity index is 1080. The van der Waals surface area contributed by atoms with Crippen molar-refractivity contribution < 1.29 is 28.1 Å². The van der Waals surface area contributed by atoms with Gasteiger partial charge in [0.1, 0.15) is 5.75 Å². The van der Waals surface area contributed by atoms with E-state index in [1.54, 1.807) is 36.9 Å². The van der Waals surface area contributed by atoms with E-state index in [9.17, 15) is 23.3 Å². The Morgan fingerprint density at radius 1 is 1.18 bits per heavy atom. The van der Waals surface area contributed by atoms with Crippen LogP contribution in [0.3, 0.4) is 0 Å². The molecule has 178 valence electrons. The lowest BCUT2D eigenvalue weighted by Gasteiger charge is -2.31. The molecule has 0 bridgehead atoms. The topological polar surface area (TPSA) is 139 Å². The number of ether oxygens (including phenoxy) is 1. The Labute approximate surface area is 192 Å². The highest BCUT2D eigenvalue weighted by atomic mass is 32.2. The average molecular weight is 478 g/mol. The fourth-order valence-corrected chi connectivity index (χ4v) is 5.62. The number of nitrogens with one attached hydrogen (secondary N) is 1. The van der Waals surface area contributed by atoms with Gasteiger partial charge in [-0.3, -0.25) is 20.1 Å². The van der Waals surface area contributed by atoms with Gasteiger partial charge < -0.3 is 4.74 Å². The zero-order valence-corrected chi connectivity index (χ0v) is 19.0. The number of sulfonamides is 1. The van der Waals surface area contributed by atoms with E-state index in [0.29, 0.717) is 31.4 Å². The fourth-order valence-electron chi connectivity index (χ4n) is 4.08. The predicted molar refractivity (Wildman–Crippen MR) is 119 cm³/mol. The number of methoxy groups -OCH3 is 1. The van der Waals surface area contributed by atoms with E-state index in [0.717, 1.165) is 11.6 Å². The number of nitro benzene ring substituents is 1. The maximum atomic E-state index is 13.5. The molecular weight excluding hydrogens is 450 g/mol. The number of hydroxylamine groups is 1. The number of carbonyl (C=O) groups is 1. The number of non-ortho nitro benzene ring substituents is 1. The minimum Gasteiger partial charge on any atom is -0.497 e. The van der Waals surface area contributed by atoms with E-state index in [2.05, 4.69) is 0 Å². The van der Waals surface area contributed by atoms with E-state index in [-0.39, 0.29) is 35.5 Å². The van der Waals surface area contributed by atoms with Gasteiger partial charge in [0.05, 0.1) is 16.9 Å². The first-order valence-electron chi connectivity index (χ1n) is 10.6. The summed E-state index contributed by atoms with van der Waals surface area (Å²) >= 11 is 0. The van der Waals surface area contributed by atoms with Crippen molar-refractivity contribution in [3.05, 3.63) is 64.2 Å². The van der Waals surface area contributed by atoms with Crippen LogP contribution in [0.4, 0.5) is 5.69 Å². The molecule has 11 heteroatoms. The number of nitro groups is 1. The normalized spacial score (nSPS) is 18.6. The van der Waals surface area contributed by atoms with Crippen molar-refractivity contribution in [2.75, 3.05) is 13.7 Å². The minimum absolute atomic E-state index is 0.0134. The van der Waals surface area contributed by atoms with Crippen LogP contribution in [0.2, 0.25) is 0 Å². The lowest BCUT2D eigenvalue weighted by Crippen LogP contribution is -2.38. The first-order valence-corrected chi connectivity index (χ1v) is 12.0. The van der Waals surface area contributed by atoms with Gasteiger partial charge >= 0.3 is 0 Å². The molecule has 2 aromatic rings. The van der Waals surface area contributed by atoms with E-state index in [1.165, 1.54) is 22.5 Å². The summed E-state index contributed by atoms with van der Waals surface area (Å²) in [5.74, 6) is -0.0609. The number of hydrogen-bond acceptors (Lipinski definition) is 7. The number of amides is 1. The number of nitrogens with zero attached hydrogens (tertiary/aromatic N) is 2. The lowest BCUT2D eigenvalue weighted by atomic mass is 9.81. The van der Waals surface area contributed by atoms with Crippen LogP contribution in [0.15, 0.2) is 53.4 Å². The first kappa shape index (κ1) is 24.6. The van der Waals surface area contributed by atoms with Crippen molar-refractivity contribution in [1.29, 1.82) is 0 Å². The first-order chi connectivity index (χ1) is 15.7. The van der Waals surface area contributed by atoms with Gasteiger partial charge in [0.15, 0.2) is 0 Å². The molecule has 1 saturated carbocycles. The van der Waals surface area contributed by atoms with Gasteiger partial charge in [-0.25, -0.2) is 13.9 Å². The molecule has 2 N–H and O–H groups in total. The number of benzene rings is 2. The molecule has 0 spiro atoms. The number of rotatable bonds is 9. The molecule has 1 amide bonds. The second-order valence-corrected chi connectivity index (χ2v) is 10.0. The molecule has 0 aromatic heterocycles. The van der Waals surface area contributed by atoms with Crippen LogP contribution in [0.25, 0.3) is 0 Å². The summed E-state index contributed by atoms with van der Waals surface area (Å²) in [5.41, 5.74) is 2.13. The average Bonchev–Trinajstić information content (AvgIpc) is 2.84. The largest absolute Gasteiger partial charge is 0.497 e. The zero-order valence-electron chi connectivity index (χ0n) is 18.2. The summed E-state index contributed by atoms with van der Waals surface area (Å²) in [6.07, 6.45) is 2.35. The third-order valence-electron chi connectivity index (χ3n) is 5.97.